The van der Waals surface area contributed by atoms with Gasteiger partial charge in [-0.15, -0.1) is 0 Å². The highest BCUT2D eigenvalue weighted by molar-refractivity contribution is 5.83. The van der Waals surface area contributed by atoms with Crippen molar-refractivity contribution >= 4 is 5.78 Å². The number of carbonyl (C=O) groups is 1. The standard InChI is InChI=1S/C21H30O4/c1-13-3-6-16(23)9-14(13)4-5-15-10-17(24)11-21(2)18(15)7-8-19(21)20(25)12-22/h4-5,16-19,22-24H,1,3,6-12H2,2H3/b14-4-,15-5+/t16-,17-,18+,19-,21+/m1/s1. The molecule has 138 valence electrons. The second-order valence-corrected chi connectivity index (χ2v) is 8.31. The van der Waals surface area contributed by atoms with Crippen LogP contribution in [0.25, 0.3) is 0 Å². The zero-order valence-corrected chi connectivity index (χ0v) is 15.1. The molecule has 3 fully saturated rings. The fourth-order valence-corrected chi connectivity index (χ4v) is 5.34. The zero-order chi connectivity index (χ0) is 18.2. The van der Waals surface area contributed by atoms with Crippen LogP contribution in [0.2, 0.25) is 0 Å². The van der Waals surface area contributed by atoms with Crippen molar-refractivity contribution in [3.63, 3.8) is 0 Å². The van der Waals surface area contributed by atoms with Crippen LogP contribution < -0.4 is 0 Å². The third kappa shape index (κ3) is 3.53. The number of hydrogen-bond acceptors (Lipinski definition) is 4. The Morgan fingerprint density at radius 1 is 1.20 bits per heavy atom. The van der Waals surface area contributed by atoms with Gasteiger partial charge in [0.2, 0.25) is 0 Å². The van der Waals surface area contributed by atoms with Crippen LogP contribution in [-0.2, 0) is 4.79 Å². The minimum atomic E-state index is -0.446. The predicted molar refractivity (Wildman–Crippen MR) is 96.8 cm³/mol. The number of rotatable bonds is 3. The molecule has 0 radical (unpaired) electrons. The van der Waals surface area contributed by atoms with Gasteiger partial charge in [0.15, 0.2) is 5.78 Å². The first kappa shape index (κ1) is 18.6. The maximum atomic E-state index is 12.2. The summed E-state index contributed by atoms with van der Waals surface area (Å²) in [6.07, 6.45) is 8.61. The fourth-order valence-electron chi connectivity index (χ4n) is 5.34. The van der Waals surface area contributed by atoms with E-state index in [0.29, 0.717) is 19.3 Å². The van der Waals surface area contributed by atoms with Crippen LogP contribution in [0.1, 0.15) is 51.9 Å². The monoisotopic (exact) mass is 346 g/mol. The zero-order valence-electron chi connectivity index (χ0n) is 15.1. The summed E-state index contributed by atoms with van der Waals surface area (Å²) in [4.78, 5) is 12.2. The van der Waals surface area contributed by atoms with E-state index in [1.807, 2.05) is 0 Å². The molecule has 0 bridgehead atoms. The molecule has 0 aromatic heterocycles. The van der Waals surface area contributed by atoms with Crippen molar-refractivity contribution in [2.75, 3.05) is 6.61 Å². The molecule has 3 N–H and O–H groups in total. The van der Waals surface area contributed by atoms with Crippen molar-refractivity contribution in [1.29, 1.82) is 0 Å². The number of ketones is 1. The first-order valence-corrected chi connectivity index (χ1v) is 9.42. The summed E-state index contributed by atoms with van der Waals surface area (Å²) >= 11 is 0. The van der Waals surface area contributed by atoms with Gasteiger partial charge >= 0.3 is 0 Å². The molecule has 0 spiro atoms. The van der Waals surface area contributed by atoms with Crippen molar-refractivity contribution in [2.24, 2.45) is 17.3 Å². The van der Waals surface area contributed by atoms with Crippen LogP contribution >= 0.6 is 0 Å². The summed E-state index contributed by atoms with van der Waals surface area (Å²) < 4.78 is 0. The van der Waals surface area contributed by atoms with Crippen LogP contribution in [0.3, 0.4) is 0 Å². The van der Waals surface area contributed by atoms with Crippen LogP contribution in [0.5, 0.6) is 0 Å². The van der Waals surface area contributed by atoms with Gasteiger partial charge in [-0.25, -0.2) is 0 Å². The number of aliphatic hydroxyl groups is 3. The summed E-state index contributed by atoms with van der Waals surface area (Å²) in [6.45, 7) is 5.78. The lowest BCUT2D eigenvalue weighted by atomic mass is 9.62. The largest absolute Gasteiger partial charge is 0.393 e. The Balaban J connectivity index is 1.87. The molecule has 5 atom stereocenters. The van der Waals surface area contributed by atoms with Crippen LogP contribution in [0.4, 0.5) is 0 Å². The number of hydrogen-bond donors (Lipinski definition) is 3. The van der Waals surface area contributed by atoms with E-state index >= 15 is 0 Å². The molecule has 0 aromatic rings. The Bertz CT molecular complexity index is 617. The van der Waals surface area contributed by atoms with Crippen LogP contribution in [0.15, 0.2) is 35.5 Å². The second kappa shape index (κ2) is 7.18. The molecule has 3 aliphatic carbocycles. The molecule has 0 aromatic carbocycles. The van der Waals surface area contributed by atoms with Crippen molar-refractivity contribution in [3.8, 4) is 0 Å². The second-order valence-electron chi connectivity index (χ2n) is 8.31. The first-order chi connectivity index (χ1) is 11.8. The lowest BCUT2D eigenvalue weighted by molar-refractivity contribution is -0.130. The average Bonchev–Trinajstić information content (AvgIpc) is 2.91. The lowest BCUT2D eigenvalue weighted by Gasteiger charge is -2.43. The molecule has 0 aliphatic heterocycles. The smallest absolute Gasteiger partial charge is 0.161 e. The summed E-state index contributed by atoms with van der Waals surface area (Å²) in [7, 11) is 0. The lowest BCUT2D eigenvalue weighted by Crippen LogP contribution is -2.42. The van der Waals surface area contributed by atoms with Gasteiger partial charge in [0.25, 0.3) is 0 Å². The maximum Gasteiger partial charge on any atom is 0.161 e. The molecule has 4 heteroatoms. The number of allylic oxidation sites excluding steroid dienone is 3. The quantitative estimate of drug-likeness (QED) is 0.734. The van der Waals surface area contributed by atoms with E-state index in [0.717, 1.165) is 36.8 Å². The third-order valence-corrected chi connectivity index (χ3v) is 6.66. The Kier molecular flexibility index (Phi) is 5.33. The van der Waals surface area contributed by atoms with Gasteiger partial charge in [-0.2, -0.15) is 0 Å². The van der Waals surface area contributed by atoms with E-state index in [1.165, 1.54) is 5.57 Å². The van der Waals surface area contributed by atoms with Gasteiger partial charge in [-0.1, -0.05) is 36.8 Å². The molecule has 3 rings (SSSR count). The summed E-state index contributed by atoms with van der Waals surface area (Å²) in [6, 6.07) is 0. The van der Waals surface area contributed by atoms with E-state index < -0.39 is 12.7 Å². The number of fused-ring (bicyclic) bond motifs is 1. The molecule has 0 unspecified atom stereocenters. The van der Waals surface area contributed by atoms with Gasteiger partial charge in [-0.05, 0) is 61.9 Å². The van der Waals surface area contributed by atoms with Crippen LogP contribution in [0, 0.1) is 17.3 Å². The van der Waals surface area contributed by atoms with Gasteiger partial charge in [0, 0.05) is 5.92 Å². The maximum absolute atomic E-state index is 12.2. The first-order valence-electron chi connectivity index (χ1n) is 9.42. The average molecular weight is 346 g/mol. The van der Waals surface area contributed by atoms with Gasteiger partial charge in [-0.3, -0.25) is 4.79 Å². The number of Topliss-reactive ketones (excluding diaryl/α,β-unsaturated/α-hetero) is 1. The Morgan fingerprint density at radius 3 is 2.68 bits per heavy atom. The Hall–Kier alpha value is -1.23. The molecule has 3 aliphatic rings. The van der Waals surface area contributed by atoms with Crippen molar-refractivity contribution in [1.82, 2.24) is 0 Å². The molecule has 4 nitrogen and oxygen atoms in total. The molecule has 25 heavy (non-hydrogen) atoms. The Labute approximate surface area is 149 Å². The van der Waals surface area contributed by atoms with Crippen molar-refractivity contribution in [3.05, 3.63) is 35.5 Å². The highest BCUT2D eigenvalue weighted by Gasteiger charge is 2.53. The van der Waals surface area contributed by atoms with Crippen molar-refractivity contribution in [2.45, 2.75) is 64.1 Å². The topological polar surface area (TPSA) is 77.8 Å². The summed E-state index contributed by atoms with van der Waals surface area (Å²) in [5.74, 6) is 0.00980. The van der Waals surface area contributed by atoms with E-state index in [-0.39, 0.29) is 29.1 Å². The molecule has 3 saturated carbocycles. The Morgan fingerprint density at radius 2 is 1.96 bits per heavy atom. The molecule has 0 amide bonds. The highest BCUT2D eigenvalue weighted by atomic mass is 16.3. The van der Waals surface area contributed by atoms with E-state index in [9.17, 15) is 20.1 Å². The van der Waals surface area contributed by atoms with Crippen LogP contribution in [-0.4, -0.2) is 39.9 Å². The molecule has 0 heterocycles. The van der Waals surface area contributed by atoms with E-state index in [4.69, 9.17) is 0 Å². The minimum Gasteiger partial charge on any atom is -0.393 e. The number of aliphatic hydroxyl groups excluding tert-OH is 3. The SMILES string of the molecule is C=C1CC[C@@H](O)C/C1=C/C=C1\C[C@@H](O)C[C@]2(C)[C@@H](C(=O)CO)CC[C@@H]12. The van der Waals surface area contributed by atoms with Gasteiger partial charge in [0.1, 0.15) is 6.61 Å². The third-order valence-electron chi connectivity index (χ3n) is 6.66. The predicted octanol–water partition coefficient (Wildman–Crippen LogP) is 2.69. The normalized spacial score (nSPS) is 42.0. The summed E-state index contributed by atoms with van der Waals surface area (Å²) in [5.41, 5.74) is 3.09. The number of carbonyl (C=O) groups excluding carboxylic acids is 1. The molecular weight excluding hydrogens is 316 g/mol. The van der Waals surface area contributed by atoms with Gasteiger partial charge in [0.05, 0.1) is 12.2 Å². The molecular formula is C21H30O4. The van der Waals surface area contributed by atoms with E-state index in [1.54, 1.807) is 0 Å². The fraction of sp³-hybridized carbons (Fsp3) is 0.667. The van der Waals surface area contributed by atoms with E-state index in [2.05, 4.69) is 25.7 Å². The van der Waals surface area contributed by atoms with Crippen molar-refractivity contribution < 1.29 is 20.1 Å². The molecule has 0 saturated heterocycles. The van der Waals surface area contributed by atoms with Gasteiger partial charge < -0.3 is 15.3 Å². The highest BCUT2D eigenvalue weighted by Crippen LogP contribution is 2.57. The minimum absolute atomic E-state index is 0.0967. The summed E-state index contributed by atoms with van der Waals surface area (Å²) in [5, 5.41) is 29.6.